The van der Waals surface area contributed by atoms with Crippen LogP contribution in [0.2, 0.25) is 5.02 Å². The number of carbonyl (C=O) groups is 1. The second-order valence-electron chi connectivity index (χ2n) is 6.65. The summed E-state index contributed by atoms with van der Waals surface area (Å²) in [5, 5.41) is 1.24. The molecule has 0 bridgehead atoms. The summed E-state index contributed by atoms with van der Waals surface area (Å²) in [6.45, 7) is 1.75. The summed E-state index contributed by atoms with van der Waals surface area (Å²) in [7, 11) is 0. The topological polar surface area (TPSA) is 39.2 Å². The van der Waals surface area contributed by atoms with Crippen molar-refractivity contribution in [3.8, 4) is 11.3 Å². The van der Waals surface area contributed by atoms with Crippen molar-refractivity contribution in [1.29, 1.82) is 0 Å². The van der Waals surface area contributed by atoms with Crippen LogP contribution in [0.25, 0.3) is 22.2 Å². The Labute approximate surface area is 172 Å². The van der Waals surface area contributed by atoms with Gasteiger partial charge in [-0.3, -0.25) is 0 Å². The largest absolute Gasteiger partial charge is 0.454 e. The van der Waals surface area contributed by atoms with Gasteiger partial charge in [0, 0.05) is 16.0 Å². The van der Waals surface area contributed by atoms with Crippen molar-refractivity contribution in [3.05, 3.63) is 101 Å². The van der Waals surface area contributed by atoms with E-state index in [1.54, 1.807) is 31.2 Å². The van der Waals surface area contributed by atoms with E-state index in [2.05, 4.69) is 4.98 Å². The zero-order chi connectivity index (χ0) is 20.4. The van der Waals surface area contributed by atoms with E-state index < -0.39 is 12.1 Å². The van der Waals surface area contributed by atoms with Gasteiger partial charge in [0.15, 0.2) is 0 Å². The van der Waals surface area contributed by atoms with Gasteiger partial charge >= 0.3 is 5.97 Å². The Morgan fingerprint density at radius 3 is 2.45 bits per heavy atom. The summed E-state index contributed by atoms with van der Waals surface area (Å²) in [6.07, 6.45) is -0.529. The van der Waals surface area contributed by atoms with Gasteiger partial charge in [0.1, 0.15) is 11.9 Å². The van der Waals surface area contributed by atoms with Crippen LogP contribution in [0.5, 0.6) is 0 Å². The minimum atomic E-state index is -0.529. The minimum Gasteiger partial charge on any atom is -0.454 e. The molecule has 0 fully saturated rings. The summed E-state index contributed by atoms with van der Waals surface area (Å²) >= 11 is 6.33. The lowest BCUT2D eigenvalue weighted by molar-refractivity contribution is 0.0340. The van der Waals surface area contributed by atoms with Crippen LogP contribution in [0.3, 0.4) is 0 Å². The first-order valence-corrected chi connectivity index (χ1v) is 9.52. The smallest absolute Gasteiger partial charge is 0.339 e. The number of halogens is 2. The average molecular weight is 406 g/mol. The predicted octanol–water partition coefficient (Wildman–Crippen LogP) is 6.61. The third-order valence-corrected chi connectivity index (χ3v) is 5.04. The van der Waals surface area contributed by atoms with Gasteiger partial charge in [-0.25, -0.2) is 14.2 Å². The lowest BCUT2D eigenvalue weighted by atomic mass is 10.0. The van der Waals surface area contributed by atoms with Crippen molar-refractivity contribution < 1.29 is 13.9 Å². The molecule has 0 aliphatic carbocycles. The first-order valence-electron chi connectivity index (χ1n) is 9.14. The summed E-state index contributed by atoms with van der Waals surface area (Å²) in [5.74, 6) is -0.814. The molecule has 144 valence electrons. The third kappa shape index (κ3) is 3.98. The van der Waals surface area contributed by atoms with E-state index in [-0.39, 0.29) is 5.82 Å². The fraction of sp³-hybridized carbons (Fsp3) is 0.0833. The fourth-order valence-corrected chi connectivity index (χ4v) is 3.41. The number of hydrogen-bond donors (Lipinski definition) is 0. The molecule has 3 aromatic carbocycles. The summed E-state index contributed by atoms with van der Waals surface area (Å²) in [6, 6.07) is 22.3. The Hall–Kier alpha value is -3.24. The standard InChI is InChI=1S/C24H17ClFNO2/c1-15(16-10-12-17(26)13-11-16)29-24(28)20-14-23(19-7-2-4-8-21(19)25)27-22-9-5-3-6-18(20)22/h2-15H,1H3/t15-/m0/s1. The number of pyridine rings is 1. The number of hydrogen-bond acceptors (Lipinski definition) is 3. The van der Waals surface area contributed by atoms with Gasteiger partial charge < -0.3 is 4.74 Å². The summed E-state index contributed by atoms with van der Waals surface area (Å²) < 4.78 is 18.8. The Morgan fingerprint density at radius 1 is 1.00 bits per heavy atom. The first kappa shape index (κ1) is 19.1. The maximum Gasteiger partial charge on any atom is 0.339 e. The number of esters is 1. The lowest BCUT2D eigenvalue weighted by Crippen LogP contribution is -2.10. The molecule has 0 aliphatic rings. The van der Waals surface area contributed by atoms with E-state index in [1.165, 1.54) is 12.1 Å². The van der Waals surface area contributed by atoms with Gasteiger partial charge in [-0.1, -0.05) is 60.1 Å². The van der Waals surface area contributed by atoms with E-state index in [1.807, 2.05) is 42.5 Å². The highest BCUT2D eigenvalue weighted by Crippen LogP contribution is 2.31. The average Bonchev–Trinajstić information content (AvgIpc) is 2.73. The molecule has 4 aromatic rings. The van der Waals surface area contributed by atoms with E-state index in [0.717, 1.165) is 5.56 Å². The molecule has 0 amide bonds. The van der Waals surface area contributed by atoms with Crippen molar-refractivity contribution in [2.45, 2.75) is 13.0 Å². The van der Waals surface area contributed by atoms with Gasteiger partial charge in [-0.2, -0.15) is 0 Å². The first-order chi connectivity index (χ1) is 14.0. The predicted molar refractivity (Wildman–Crippen MR) is 112 cm³/mol. The number of ether oxygens (including phenoxy) is 1. The van der Waals surface area contributed by atoms with Gasteiger partial charge in [0.05, 0.1) is 16.8 Å². The molecule has 0 saturated heterocycles. The number of nitrogens with zero attached hydrogens (tertiary/aromatic N) is 1. The highest BCUT2D eigenvalue weighted by atomic mass is 35.5. The van der Waals surface area contributed by atoms with Gasteiger partial charge in [-0.05, 0) is 42.8 Å². The van der Waals surface area contributed by atoms with Crippen LogP contribution in [-0.2, 0) is 4.74 Å². The lowest BCUT2D eigenvalue weighted by Gasteiger charge is -2.15. The van der Waals surface area contributed by atoms with E-state index in [4.69, 9.17) is 16.3 Å². The number of rotatable bonds is 4. The number of benzene rings is 3. The van der Waals surface area contributed by atoms with E-state index in [0.29, 0.717) is 32.7 Å². The minimum absolute atomic E-state index is 0.336. The zero-order valence-electron chi connectivity index (χ0n) is 15.6. The Bertz CT molecular complexity index is 1190. The maximum absolute atomic E-state index is 13.2. The Kier molecular flexibility index (Phi) is 5.28. The van der Waals surface area contributed by atoms with Gasteiger partial charge in [-0.15, -0.1) is 0 Å². The number of aromatic nitrogens is 1. The zero-order valence-corrected chi connectivity index (χ0v) is 16.4. The molecule has 0 spiro atoms. The second kappa shape index (κ2) is 8.02. The number of fused-ring (bicyclic) bond motifs is 1. The van der Waals surface area contributed by atoms with Crippen LogP contribution in [0.1, 0.15) is 28.9 Å². The molecule has 0 aliphatic heterocycles. The normalized spacial score (nSPS) is 12.0. The molecule has 29 heavy (non-hydrogen) atoms. The van der Waals surface area contributed by atoms with Crippen molar-refractivity contribution in [2.75, 3.05) is 0 Å². The van der Waals surface area contributed by atoms with Crippen molar-refractivity contribution in [1.82, 2.24) is 4.98 Å². The molecular formula is C24H17ClFNO2. The third-order valence-electron chi connectivity index (χ3n) is 4.71. The molecule has 5 heteroatoms. The molecule has 1 heterocycles. The van der Waals surface area contributed by atoms with Gasteiger partial charge in [0.2, 0.25) is 0 Å². The van der Waals surface area contributed by atoms with E-state index >= 15 is 0 Å². The van der Waals surface area contributed by atoms with Crippen molar-refractivity contribution in [2.24, 2.45) is 0 Å². The van der Waals surface area contributed by atoms with Crippen LogP contribution in [-0.4, -0.2) is 11.0 Å². The summed E-state index contributed by atoms with van der Waals surface area (Å²) in [5.41, 5.74) is 3.12. The molecule has 0 saturated carbocycles. The molecular weight excluding hydrogens is 389 g/mol. The van der Waals surface area contributed by atoms with Gasteiger partial charge in [0.25, 0.3) is 0 Å². The van der Waals surface area contributed by atoms with Crippen molar-refractivity contribution in [3.63, 3.8) is 0 Å². The highest BCUT2D eigenvalue weighted by molar-refractivity contribution is 6.33. The maximum atomic E-state index is 13.2. The summed E-state index contributed by atoms with van der Waals surface area (Å²) in [4.78, 5) is 17.7. The van der Waals surface area contributed by atoms with Crippen LogP contribution >= 0.6 is 11.6 Å². The molecule has 1 atom stereocenters. The van der Waals surface area contributed by atoms with E-state index in [9.17, 15) is 9.18 Å². The van der Waals surface area contributed by atoms with Crippen molar-refractivity contribution >= 4 is 28.5 Å². The van der Waals surface area contributed by atoms with Crippen LogP contribution < -0.4 is 0 Å². The molecule has 0 radical (unpaired) electrons. The number of carbonyl (C=O) groups excluding carboxylic acids is 1. The van der Waals surface area contributed by atoms with Crippen LogP contribution in [0.15, 0.2) is 78.9 Å². The molecule has 0 unspecified atom stereocenters. The van der Waals surface area contributed by atoms with Crippen LogP contribution in [0.4, 0.5) is 4.39 Å². The fourth-order valence-electron chi connectivity index (χ4n) is 3.18. The quantitative estimate of drug-likeness (QED) is 0.358. The molecule has 4 rings (SSSR count). The molecule has 3 nitrogen and oxygen atoms in total. The second-order valence-corrected chi connectivity index (χ2v) is 7.06. The Morgan fingerprint density at radius 2 is 1.69 bits per heavy atom. The molecule has 0 N–H and O–H groups in total. The molecule has 1 aromatic heterocycles. The van der Waals surface area contributed by atoms with Crippen LogP contribution in [0, 0.1) is 5.82 Å². The monoisotopic (exact) mass is 405 g/mol. The Balaban J connectivity index is 1.74. The highest BCUT2D eigenvalue weighted by Gasteiger charge is 2.19. The SMILES string of the molecule is C[C@H](OC(=O)c1cc(-c2ccccc2Cl)nc2ccccc12)c1ccc(F)cc1. The number of para-hydroxylation sites is 1.